The third-order valence-corrected chi connectivity index (χ3v) is 3.96. The molecule has 1 saturated heterocycles. The normalized spacial score (nSPS) is 23.4. The molecule has 0 saturated carbocycles. The van der Waals surface area contributed by atoms with Gasteiger partial charge in [0.15, 0.2) is 0 Å². The Morgan fingerprint density at radius 3 is 2.06 bits per heavy atom. The molecule has 96 valence electrons. The Labute approximate surface area is 102 Å². The van der Waals surface area contributed by atoms with Gasteiger partial charge in [0.25, 0.3) is 0 Å². The molecule has 16 heavy (non-hydrogen) atoms. The van der Waals surface area contributed by atoms with Gasteiger partial charge in [-0.2, -0.15) is 0 Å². The Kier molecular flexibility index (Phi) is 7.06. The van der Waals surface area contributed by atoms with Crippen molar-refractivity contribution in [2.75, 3.05) is 19.6 Å². The second-order valence-electron chi connectivity index (χ2n) is 5.12. The van der Waals surface area contributed by atoms with Crippen molar-refractivity contribution in [3.8, 4) is 0 Å². The van der Waals surface area contributed by atoms with Crippen LogP contribution in [0.2, 0.25) is 0 Å². The van der Waals surface area contributed by atoms with Crippen molar-refractivity contribution >= 4 is 0 Å². The molecule has 2 atom stereocenters. The molecule has 0 radical (unpaired) electrons. The topological polar surface area (TPSA) is 15.3 Å². The van der Waals surface area contributed by atoms with E-state index in [-0.39, 0.29) is 0 Å². The van der Waals surface area contributed by atoms with Crippen LogP contribution in [0.1, 0.15) is 59.3 Å². The van der Waals surface area contributed by atoms with E-state index in [0.717, 1.165) is 6.54 Å². The Balaban J connectivity index is 2.44. The van der Waals surface area contributed by atoms with E-state index in [2.05, 4.69) is 31.0 Å². The van der Waals surface area contributed by atoms with E-state index in [1.807, 2.05) is 0 Å². The lowest BCUT2D eigenvalue weighted by Gasteiger charge is -2.35. The maximum atomic E-state index is 3.62. The van der Waals surface area contributed by atoms with Gasteiger partial charge in [-0.15, -0.1) is 0 Å². The number of nitrogens with one attached hydrogen (secondary N) is 1. The fourth-order valence-corrected chi connectivity index (χ4v) is 2.85. The number of likely N-dealkylation sites (tertiary alicyclic amines) is 1. The number of nitrogens with zero attached hydrogens (tertiary/aromatic N) is 1. The van der Waals surface area contributed by atoms with E-state index in [4.69, 9.17) is 0 Å². The summed E-state index contributed by atoms with van der Waals surface area (Å²) in [6.07, 6.45) is 8.35. The molecule has 1 aliphatic rings. The first-order valence-electron chi connectivity index (χ1n) is 7.27. The second kappa shape index (κ2) is 8.08. The van der Waals surface area contributed by atoms with E-state index in [0.29, 0.717) is 12.1 Å². The molecule has 0 aliphatic carbocycles. The molecule has 2 unspecified atom stereocenters. The molecule has 1 aliphatic heterocycles. The van der Waals surface area contributed by atoms with Gasteiger partial charge < -0.3 is 5.32 Å². The molecule has 1 heterocycles. The van der Waals surface area contributed by atoms with Crippen molar-refractivity contribution < 1.29 is 0 Å². The van der Waals surface area contributed by atoms with Crippen LogP contribution in [0.5, 0.6) is 0 Å². The van der Waals surface area contributed by atoms with Crippen LogP contribution in [0.4, 0.5) is 0 Å². The summed E-state index contributed by atoms with van der Waals surface area (Å²) < 4.78 is 0. The minimum absolute atomic E-state index is 0.671. The van der Waals surface area contributed by atoms with E-state index >= 15 is 0 Å². The van der Waals surface area contributed by atoms with Gasteiger partial charge in [-0.3, -0.25) is 4.90 Å². The number of hydrogen-bond acceptors (Lipinski definition) is 2. The average molecular weight is 226 g/mol. The van der Waals surface area contributed by atoms with Gasteiger partial charge in [0.05, 0.1) is 0 Å². The first kappa shape index (κ1) is 14.0. The molecule has 0 amide bonds. The zero-order valence-electron chi connectivity index (χ0n) is 11.5. The summed E-state index contributed by atoms with van der Waals surface area (Å²) >= 11 is 0. The molecule has 0 aromatic heterocycles. The second-order valence-corrected chi connectivity index (χ2v) is 5.12. The molecule has 1 fully saturated rings. The molecular formula is C14H30N2. The van der Waals surface area contributed by atoms with Crippen LogP contribution in [0, 0.1) is 0 Å². The van der Waals surface area contributed by atoms with Crippen LogP contribution < -0.4 is 5.32 Å². The highest BCUT2D eigenvalue weighted by atomic mass is 15.2. The SMILES string of the molecule is CCNC(CC)C(C)N1CCCCCCC1. The molecule has 1 N–H and O–H groups in total. The van der Waals surface area contributed by atoms with Gasteiger partial charge in [-0.05, 0) is 45.8 Å². The Hall–Kier alpha value is -0.0800. The van der Waals surface area contributed by atoms with Crippen molar-refractivity contribution in [2.45, 2.75) is 71.4 Å². The van der Waals surface area contributed by atoms with Crippen LogP contribution >= 0.6 is 0 Å². The minimum Gasteiger partial charge on any atom is -0.313 e. The molecule has 0 aromatic carbocycles. The van der Waals surface area contributed by atoms with E-state index in [9.17, 15) is 0 Å². The summed E-state index contributed by atoms with van der Waals surface area (Å²) in [5.41, 5.74) is 0. The quantitative estimate of drug-likeness (QED) is 0.775. The lowest BCUT2D eigenvalue weighted by Crippen LogP contribution is -2.49. The van der Waals surface area contributed by atoms with Gasteiger partial charge in [0.2, 0.25) is 0 Å². The van der Waals surface area contributed by atoms with E-state index < -0.39 is 0 Å². The molecule has 2 nitrogen and oxygen atoms in total. The third-order valence-electron chi connectivity index (χ3n) is 3.96. The van der Waals surface area contributed by atoms with E-state index in [1.165, 1.54) is 51.6 Å². The van der Waals surface area contributed by atoms with Crippen LogP contribution in [0.25, 0.3) is 0 Å². The maximum absolute atomic E-state index is 3.62. The summed E-state index contributed by atoms with van der Waals surface area (Å²) in [7, 11) is 0. The number of hydrogen-bond donors (Lipinski definition) is 1. The summed E-state index contributed by atoms with van der Waals surface area (Å²) in [5, 5.41) is 3.62. The first-order chi connectivity index (χ1) is 7.79. The molecule has 0 aromatic rings. The van der Waals surface area contributed by atoms with Crippen molar-refractivity contribution in [2.24, 2.45) is 0 Å². The van der Waals surface area contributed by atoms with Gasteiger partial charge >= 0.3 is 0 Å². The largest absolute Gasteiger partial charge is 0.313 e. The predicted octanol–water partition coefficient (Wildman–Crippen LogP) is 3.03. The maximum Gasteiger partial charge on any atom is 0.0220 e. The zero-order valence-corrected chi connectivity index (χ0v) is 11.5. The van der Waals surface area contributed by atoms with Gasteiger partial charge in [0.1, 0.15) is 0 Å². The average Bonchev–Trinajstić information content (AvgIpc) is 2.24. The minimum atomic E-state index is 0.671. The van der Waals surface area contributed by atoms with Gasteiger partial charge in [-0.1, -0.05) is 33.1 Å². The van der Waals surface area contributed by atoms with Crippen LogP contribution in [-0.2, 0) is 0 Å². The molecule has 2 heteroatoms. The highest BCUT2D eigenvalue weighted by molar-refractivity contribution is 4.80. The number of likely N-dealkylation sites (N-methyl/N-ethyl adjacent to an activating group) is 1. The summed E-state index contributed by atoms with van der Waals surface area (Å²) in [6, 6.07) is 1.37. The van der Waals surface area contributed by atoms with Crippen LogP contribution in [-0.4, -0.2) is 36.6 Å². The lowest BCUT2D eigenvalue weighted by molar-refractivity contribution is 0.153. The van der Waals surface area contributed by atoms with Crippen molar-refractivity contribution in [1.29, 1.82) is 0 Å². The Morgan fingerprint density at radius 1 is 1.00 bits per heavy atom. The van der Waals surface area contributed by atoms with E-state index in [1.54, 1.807) is 0 Å². The van der Waals surface area contributed by atoms with Crippen molar-refractivity contribution in [3.05, 3.63) is 0 Å². The van der Waals surface area contributed by atoms with Crippen LogP contribution in [0.15, 0.2) is 0 Å². The molecule has 0 bridgehead atoms. The monoisotopic (exact) mass is 226 g/mol. The van der Waals surface area contributed by atoms with Crippen molar-refractivity contribution in [3.63, 3.8) is 0 Å². The fraction of sp³-hybridized carbons (Fsp3) is 1.00. The third kappa shape index (κ3) is 4.42. The fourth-order valence-electron chi connectivity index (χ4n) is 2.85. The Morgan fingerprint density at radius 2 is 1.56 bits per heavy atom. The molecule has 1 rings (SSSR count). The molecular weight excluding hydrogens is 196 g/mol. The summed E-state index contributed by atoms with van der Waals surface area (Å²) in [6.45, 7) is 10.6. The predicted molar refractivity (Wildman–Crippen MR) is 71.9 cm³/mol. The highest BCUT2D eigenvalue weighted by Gasteiger charge is 2.21. The standard InChI is InChI=1S/C14H30N2/c1-4-14(15-5-2)13(3)16-11-9-7-6-8-10-12-16/h13-15H,4-12H2,1-3H3. The summed E-state index contributed by atoms with van der Waals surface area (Å²) in [5.74, 6) is 0. The van der Waals surface area contributed by atoms with Crippen LogP contribution in [0.3, 0.4) is 0 Å². The highest BCUT2D eigenvalue weighted by Crippen LogP contribution is 2.15. The van der Waals surface area contributed by atoms with Crippen molar-refractivity contribution in [1.82, 2.24) is 10.2 Å². The Bertz CT molecular complexity index is 162. The lowest BCUT2D eigenvalue weighted by atomic mass is 10.0. The summed E-state index contributed by atoms with van der Waals surface area (Å²) in [4.78, 5) is 2.70. The smallest absolute Gasteiger partial charge is 0.0220 e. The number of rotatable bonds is 5. The first-order valence-corrected chi connectivity index (χ1v) is 7.27. The molecule has 0 spiro atoms. The zero-order chi connectivity index (χ0) is 11.8. The van der Waals surface area contributed by atoms with Gasteiger partial charge in [0, 0.05) is 12.1 Å². The van der Waals surface area contributed by atoms with Gasteiger partial charge in [-0.25, -0.2) is 0 Å².